The first-order valence-corrected chi connectivity index (χ1v) is 21.2. The molecule has 63 heavy (non-hydrogen) atoms. The third-order valence-electron chi connectivity index (χ3n) is 10.9. The van der Waals surface area contributed by atoms with Crippen LogP contribution in [0.25, 0.3) is 0 Å². The first-order chi connectivity index (χ1) is 29.7. The Morgan fingerprint density at radius 2 is 1.41 bits per heavy atom. The quantitative estimate of drug-likeness (QED) is 0.0402. The second-order valence-electron chi connectivity index (χ2n) is 16.7. The van der Waals surface area contributed by atoms with Gasteiger partial charge >= 0.3 is 11.9 Å². The Kier molecular flexibility index (Phi) is 19.8. The van der Waals surface area contributed by atoms with E-state index in [1.807, 2.05) is 0 Å². The summed E-state index contributed by atoms with van der Waals surface area (Å²) in [5, 5.41) is 44.3. The number of aliphatic carboxylic acids is 2. The highest BCUT2D eigenvalue weighted by atomic mass is 16.4. The highest BCUT2D eigenvalue weighted by molar-refractivity contribution is 6.46. The van der Waals surface area contributed by atoms with Crippen LogP contribution in [0.3, 0.4) is 0 Å². The molecule has 1 fully saturated rings. The van der Waals surface area contributed by atoms with Crippen molar-refractivity contribution in [2.75, 3.05) is 19.7 Å². The summed E-state index contributed by atoms with van der Waals surface area (Å²) in [6, 6.07) is -3.66. The molecule has 0 spiro atoms. The molecule has 0 aromatic heterocycles. The summed E-state index contributed by atoms with van der Waals surface area (Å²) in [5.41, 5.74) is 6.41. The fraction of sp³-hybridized carbons (Fsp3) is 0.619. The SMILES string of the molecule is CC(C)C[C@H](NC(=O)[C@@H](NC1Cc2ccccc2C(=O)C1=O)C(C)C)C(=O)N[C@@H](CO)C(=O)N1CCC[C@H]1C(=O)N[C@@H](C)C(=O)N[C@@H](CC(=O)O)C(=O)N[C@@H](CCCCN)C(=O)O. The van der Waals surface area contributed by atoms with Crippen LogP contribution in [0.15, 0.2) is 24.3 Å². The standard InChI is InChI=1S/C42H62N8O13/c1-21(2)17-28(48-40(60)33(22(3)4)45-27-18-24-11-6-7-12-25(24)34(54)35(27)55)37(57)49-30(20-51)41(61)50-16-10-14-31(50)39(59)44-23(5)36(56)47-29(19-32(52)53)38(58)46-26(42(62)63)13-8-9-15-43/h6-7,11-12,21-23,26-31,33,45,51H,8-10,13-20,43H2,1-5H3,(H,44,59)(H,46,58)(H,47,56)(H,48,60)(H,49,57)(H,52,53)(H,62,63)/t23-,26-,27?,28-,29-,30-,31-,33-/m0/s1. The lowest BCUT2D eigenvalue weighted by Gasteiger charge is -2.32. The molecule has 8 atom stereocenters. The molecular weight excluding hydrogens is 825 g/mol. The van der Waals surface area contributed by atoms with E-state index in [1.54, 1.807) is 52.0 Å². The van der Waals surface area contributed by atoms with Gasteiger partial charge in [0.2, 0.25) is 47.0 Å². The van der Waals surface area contributed by atoms with Gasteiger partial charge in [-0.3, -0.25) is 48.5 Å². The molecule has 21 nitrogen and oxygen atoms in total. The van der Waals surface area contributed by atoms with Gasteiger partial charge in [-0.2, -0.15) is 0 Å². The number of carbonyl (C=O) groups excluding carboxylic acids is 8. The smallest absolute Gasteiger partial charge is 0.326 e. The van der Waals surface area contributed by atoms with E-state index < -0.39 is 126 Å². The zero-order chi connectivity index (χ0) is 47.1. The van der Waals surface area contributed by atoms with Crippen molar-refractivity contribution in [1.29, 1.82) is 0 Å². The first kappa shape index (κ1) is 51.5. The molecule has 1 saturated heterocycles. The number of benzene rings is 1. The Balaban J connectivity index is 1.67. The summed E-state index contributed by atoms with van der Waals surface area (Å²) in [5.74, 6) is -9.84. The highest BCUT2D eigenvalue weighted by Crippen LogP contribution is 2.22. The zero-order valence-corrected chi connectivity index (χ0v) is 36.3. The van der Waals surface area contributed by atoms with Crippen LogP contribution in [0.1, 0.15) is 95.5 Å². The average molecular weight is 887 g/mol. The maximum absolute atomic E-state index is 13.8. The molecule has 1 aromatic carbocycles. The number of nitrogens with zero attached hydrogens (tertiary/aromatic N) is 1. The Morgan fingerprint density at radius 1 is 0.794 bits per heavy atom. The average Bonchev–Trinajstić information content (AvgIpc) is 3.72. The van der Waals surface area contributed by atoms with Gasteiger partial charge in [0.15, 0.2) is 0 Å². The lowest BCUT2D eigenvalue weighted by atomic mass is 9.85. The molecule has 0 saturated carbocycles. The predicted octanol–water partition coefficient (Wildman–Crippen LogP) is -1.86. The van der Waals surface area contributed by atoms with Crippen molar-refractivity contribution in [2.45, 2.75) is 134 Å². The number of carbonyl (C=O) groups is 10. The Bertz CT molecular complexity index is 1870. The van der Waals surface area contributed by atoms with Crippen LogP contribution in [0.5, 0.6) is 0 Å². The normalized spacial score (nSPS) is 18.9. The number of rotatable bonds is 24. The van der Waals surface area contributed by atoms with Crippen molar-refractivity contribution in [2.24, 2.45) is 17.6 Å². The molecule has 1 heterocycles. The van der Waals surface area contributed by atoms with Crippen LogP contribution < -0.4 is 37.6 Å². The number of aliphatic hydroxyl groups excluding tert-OH is 1. The van der Waals surface area contributed by atoms with E-state index in [0.29, 0.717) is 36.9 Å². The number of nitrogens with one attached hydrogen (secondary N) is 6. The summed E-state index contributed by atoms with van der Waals surface area (Å²) in [7, 11) is 0. The minimum Gasteiger partial charge on any atom is -0.481 e. The molecule has 0 radical (unpaired) electrons. The molecule has 1 aliphatic heterocycles. The maximum Gasteiger partial charge on any atom is 0.326 e. The van der Waals surface area contributed by atoms with Crippen LogP contribution in [0.4, 0.5) is 0 Å². The number of hydrogen-bond donors (Lipinski definition) is 10. The molecule has 2 aliphatic rings. The van der Waals surface area contributed by atoms with E-state index in [1.165, 1.54) is 6.92 Å². The van der Waals surface area contributed by atoms with Crippen molar-refractivity contribution in [3.05, 3.63) is 35.4 Å². The lowest BCUT2D eigenvalue weighted by Crippen LogP contribution is -2.61. The molecule has 1 aromatic rings. The van der Waals surface area contributed by atoms with Gasteiger partial charge in [-0.05, 0) is 75.8 Å². The third kappa shape index (κ3) is 14.6. The zero-order valence-electron chi connectivity index (χ0n) is 36.3. The van der Waals surface area contributed by atoms with Crippen LogP contribution in [-0.4, -0.2) is 147 Å². The van der Waals surface area contributed by atoms with Gasteiger partial charge in [0, 0.05) is 12.1 Å². The van der Waals surface area contributed by atoms with Gasteiger partial charge in [-0.1, -0.05) is 52.0 Å². The van der Waals surface area contributed by atoms with E-state index in [-0.39, 0.29) is 38.1 Å². The van der Waals surface area contributed by atoms with Crippen LogP contribution in [-0.2, 0) is 49.6 Å². The Labute approximate surface area is 365 Å². The number of hydrogen-bond acceptors (Lipinski definition) is 13. The number of fused-ring (bicyclic) bond motifs is 1. The lowest BCUT2D eigenvalue weighted by molar-refractivity contribution is -0.144. The number of carboxylic acids is 2. The van der Waals surface area contributed by atoms with E-state index in [9.17, 15) is 63.3 Å². The minimum atomic E-state index is -1.70. The molecule has 21 heteroatoms. The third-order valence-corrected chi connectivity index (χ3v) is 10.9. The largest absolute Gasteiger partial charge is 0.481 e. The van der Waals surface area contributed by atoms with Gasteiger partial charge in [0.25, 0.3) is 0 Å². The molecule has 6 amide bonds. The Morgan fingerprint density at radius 3 is 2.02 bits per heavy atom. The number of carboxylic acid groups (broad SMARTS) is 2. The maximum atomic E-state index is 13.8. The number of unbranched alkanes of at least 4 members (excludes halogenated alkanes) is 1. The predicted molar refractivity (Wildman–Crippen MR) is 224 cm³/mol. The summed E-state index contributed by atoms with van der Waals surface area (Å²) < 4.78 is 0. The molecule has 1 unspecified atom stereocenters. The van der Waals surface area contributed by atoms with E-state index in [2.05, 4.69) is 31.9 Å². The van der Waals surface area contributed by atoms with Crippen molar-refractivity contribution < 1.29 is 63.3 Å². The van der Waals surface area contributed by atoms with Crippen molar-refractivity contribution in [1.82, 2.24) is 36.8 Å². The number of Topliss-reactive ketones (excluding diaryl/α,β-unsaturated/α-hetero) is 2. The fourth-order valence-electron chi connectivity index (χ4n) is 7.45. The number of likely N-dealkylation sites (tertiary alicyclic amines) is 1. The monoisotopic (exact) mass is 886 g/mol. The van der Waals surface area contributed by atoms with Crippen molar-refractivity contribution in [3.8, 4) is 0 Å². The van der Waals surface area contributed by atoms with E-state index >= 15 is 0 Å². The minimum absolute atomic E-state index is 0.00706. The van der Waals surface area contributed by atoms with Crippen molar-refractivity contribution in [3.63, 3.8) is 0 Å². The number of ketones is 2. The van der Waals surface area contributed by atoms with Gasteiger partial charge in [0.05, 0.1) is 25.1 Å². The number of aliphatic hydroxyl groups is 1. The van der Waals surface area contributed by atoms with Gasteiger partial charge < -0.3 is 52.5 Å². The fourth-order valence-corrected chi connectivity index (χ4v) is 7.45. The summed E-state index contributed by atoms with van der Waals surface area (Å²) in [6.07, 6.45) is 0.712. The first-order valence-electron chi connectivity index (χ1n) is 21.2. The second kappa shape index (κ2) is 24.2. The van der Waals surface area contributed by atoms with Gasteiger partial charge in [-0.15, -0.1) is 0 Å². The topological polar surface area (TPSA) is 333 Å². The molecule has 1 aliphatic carbocycles. The number of nitrogens with two attached hydrogens (primary N) is 1. The van der Waals surface area contributed by atoms with Crippen LogP contribution >= 0.6 is 0 Å². The molecule has 348 valence electrons. The number of amides is 6. The molecule has 11 N–H and O–H groups in total. The summed E-state index contributed by atoms with van der Waals surface area (Å²) in [6.45, 7) is 7.78. The van der Waals surface area contributed by atoms with Crippen molar-refractivity contribution >= 4 is 58.9 Å². The van der Waals surface area contributed by atoms with Crippen LogP contribution in [0.2, 0.25) is 0 Å². The Hall–Kier alpha value is -5.80. The summed E-state index contributed by atoms with van der Waals surface area (Å²) >= 11 is 0. The molecule has 0 bridgehead atoms. The molecule has 3 rings (SSSR count). The van der Waals surface area contributed by atoms with E-state index in [4.69, 9.17) is 5.73 Å². The second-order valence-corrected chi connectivity index (χ2v) is 16.7. The van der Waals surface area contributed by atoms with E-state index in [0.717, 1.165) is 4.90 Å². The van der Waals surface area contributed by atoms with Crippen LogP contribution in [0, 0.1) is 11.8 Å². The molecular formula is C42H62N8O13. The van der Waals surface area contributed by atoms with Gasteiger partial charge in [-0.25, -0.2) is 4.79 Å². The highest BCUT2D eigenvalue weighted by Gasteiger charge is 2.41. The van der Waals surface area contributed by atoms with Gasteiger partial charge in [0.1, 0.15) is 36.3 Å². The summed E-state index contributed by atoms with van der Waals surface area (Å²) in [4.78, 5) is 131.